The molecular weight excluding hydrogens is 328 g/mol. The fourth-order valence-electron chi connectivity index (χ4n) is 3.30. The number of anilines is 1. The first kappa shape index (κ1) is 15.8. The molecule has 5 heteroatoms. The van der Waals surface area contributed by atoms with Crippen LogP contribution in [0.25, 0.3) is 0 Å². The largest absolute Gasteiger partial charge is 0.348 e. The lowest BCUT2D eigenvalue weighted by atomic mass is 9.96. The molecule has 1 aromatic heterocycles. The van der Waals surface area contributed by atoms with Gasteiger partial charge in [0.05, 0.1) is 12.0 Å². The van der Waals surface area contributed by atoms with E-state index in [1.807, 2.05) is 6.07 Å². The van der Waals surface area contributed by atoms with Crippen molar-refractivity contribution in [3.63, 3.8) is 0 Å². The Morgan fingerprint density at radius 3 is 2.68 bits per heavy atom. The first-order valence-electron chi connectivity index (χ1n) is 8.44. The third-order valence-electron chi connectivity index (χ3n) is 4.60. The number of thiocarbonyl (C=S) groups is 1. The summed E-state index contributed by atoms with van der Waals surface area (Å²) in [6, 6.07) is 18.7. The van der Waals surface area contributed by atoms with Crippen molar-refractivity contribution < 1.29 is 0 Å². The van der Waals surface area contributed by atoms with Gasteiger partial charge in [-0.1, -0.05) is 48.0 Å². The number of benzene rings is 2. The summed E-state index contributed by atoms with van der Waals surface area (Å²) in [5.41, 5.74) is 5.70. The third-order valence-corrected chi connectivity index (χ3v) is 4.94. The number of nitrogens with zero attached hydrogens (tertiary/aromatic N) is 2. The average molecular weight is 348 g/mol. The van der Waals surface area contributed by atoms with Crippen LogP contribution in [0.5, 0.6) is 0 Å². The molecule has 2 N–H and O–H groups in total. The molecule has 0 bridgehead atoms. The maximum Gasteiger partial charge on any atom is 0.174 e. The maximum absolute atomic E-state index is 5.75. The summed E-state index contributed by atoms with van der Waals surface area (Å²) in [6.07, 6.45) is 2.69. The highest BCUT2D eigenvalue weighted by Gasteiger charge is 2.32. The molecule has 0 saturated heterocycles. The van der Waals surface area contributed by atoms with Gasteiger partial charge < -0.3 is 15.2 Å². The van der Waals surface area contributed by atoms with E-state index in [9.17, 15) is 0 Å². The van der Waals surface area contributed by atoms with E-state index in [1.54, 1.807) is 6.33 Å². The van der Waals surface area contributed by atoms with Gasteiger partial charge in [-0.3, -0.25) is 0 Å². The SMILES string of the molecule is Cc1ccc(NC(=S)N2CCc3[nH]cnc3[C@H]2c2ccccc2)cc1. The lowest BCUT2D eigenvalue weighted by Crippen LogP contribution is -2.42. The highest BCUT2D eigenvalue weighted by molar-refractivity contribution is 7.80. The number of hydrogen-bond acceptors (Lipinski definition) is 2. The monoisotopic (exact) mass is 348 g/mol. The average Bonchev–Trinajstić information content (AvgIpc) is 3.12. The van der Waals surface area contributed by atoms with E-state index in [2.05, 4.69) is 75.6 Å². The Bertz CT molecular complexity index is 870. The summed E-state index contributed by atoms with van der Waals surface area (Å²) in [7, 11) is 0. The molecule has 0 fully saturated rings. The van der Waals surface area contributed by atoms with Crippen LogP contribution in [-0.4, -0.2) is 26.5 Å². The molecule has 0 radical (unpaired) electrons. The maximum atomic E-state index is 5.75. The molecule has 3 aromatic rings. The topological polar surface area (TPSA) is 44.0 Å². The smallest absolute Gasteiger partial charge is 0.174 e. The van der Waals surface area contributed by atoms with Crippen molar-refractivity contribution >= 4 is 23.0 Å². The van der Waals surface area contributed by atoms with Crippen molar-refractivity contribution in [2.45, 2.75) is 19.4 Å². The summed E-state index contributed by atoms with van der Waals surface area (Å²) >= 11 is 5.75. The van der Waals surface area contributed by atoms with E-state index in [-0.39, 0.29) is 6.04 Å². The van der Waals surface area contributed by atoms with Crippen molar-refractivity contribution in [3.8, 4) is 0 Å². The second-order valence-electron chi connectivity index (χ2n) is 6.32. The van der Waals surface area contributed by atoms with Crippen LogP contribution in [0.15, 0.2) is 60.9 Å². The normalized spacial score (nSPS) is 16.4. The van der Waals surface area contributed by atoms with Gasteiger partial charge in [-0.25, -0.2) is 4.98 Å². The zero-order chi connectivity index (χ0) is 17.2. The summed E-state index contributed by atoms with van der Waals surface area (Å²) in [5.74, 6) is 0. The Kier molecular flexibility index (Phi) is 4.24. The van der Waals surface area contributed by atoms with Gasteiger partial charge in [-0.15, -0.1) is 0 Å². The Morgan fingerprint density at radius 2 is 1.92 bits per heavy atom. The number of imidazole rings is 1. The fraction of sp³-hybridized carbons (Fsp3) is 0.200. The summed E-state index contributed by atoms with van der Waals surface area (Å²) < 4.78 is 0. The number of aryl methyl sites for hydroxylation is 1. The quantitative estimate of drug-likeness (QED) is 0.686. The van der Waals surface area contributed by atoms with Gasteiger partial charge in [0.1, 0.15) is 6.04 Å². The van der Waals surface area contributed by atoms with Crippen LogP contribution in [0.4, 0.5) is 5.69 Å². The lowest BCUT2D eigenvalue weighted by molar-refractivity contribution is 0.336. The number of H-pyrrole nitrogens is 1. The molecule has 0 aliphatic carbocycles. The van der Waals surface area contributed by atoms with Crippen LogP contribution < -0.4 is 5.32 Å². The number of aromatic nitrogens is 2. The van der Waals surface area contributed by atoms with E-state index < -0.39 is 0 Å². The first-order chi connectivity index (χ1) is 12.2. The number of fused-ring (bicyclic) bond motifs is 1. The van der Waals surface area contributed by atoms with Crippen molar-refractivity contribution in [1.82, 2.24) is 14.9 Å². The van der Waals surface area contributed by atoms with Crippen LogP contribution in [0.2, 0.25) is 0 Å². The van der Waals surface area contributed by atoms with Crippen molar-refractivity contribution in [3.05, 3.63) is 83.4 Å². The van der Waals surface area contributed by atoms with Crippen molar-refractivity contribution in [2.24, 2.45) is 0 Å². The molecule has 2 aromatic carbocycles. The van der Waals surface area contributed by atoms with Gasteiger partial charge in [0.15, 0.2) is 5.11 Å². The lowest BCUT2D eigenvalue weighted by Gasteiger charge is -2.37. The Morgan fingerprint density at radius 1 is 1.16 bits per heavy atom. The van der Waals surface area contributed by atoms with Gasteiger partial charge in [0.2, 0.25) is 0 Å². The molecule has 0 unspecified atom stereocenters. The predicted molar refractivity (Wildman–Crippen MR) is 105 cm³/mol. The highest BCUT2D eigenvalue weighted by atomic mass is 32.1. The predicted octanol–water partition coefficient (Wildman–Crippen LogP) is 4.06. The molecule has 1 aliphatic rings. The minimum Gasteiger partial charge on any atom is -0.348 e. The molecule has 4 rings (SSSR count). The Labute approximate surface area is 152 Å². The van der Waals surface area contributed by atoms with Crippen LogP contribution in [-0.2, 0) is 6.42 Å². The number of aromatic amines is 1. The number of rotatable bonds is 2. The summed E-state index contributed by atoms with van der Waals surface area (Å²) in [6.45, 7) is 2.93. The van der Waals surface area contributed by atoms with E-state index in [0.29, 0.717) is 0 Å². The molecule has 0 spiro atoms. The summed E-state index contributed by atoms with van der Waals surface area (Å²) in [5, 5.41) is 4.11. The molecule has 126 valence electrons. The van der Waals surface area contributed by atoms with E-state index in [0.717, 1.165) is 29.5 Å². The number of nitrogens with one attached hydrogen (secondary N) is 2. The van der Waals surface area contributed by atoms with Crippen LogP contribution in [0, 0.1) is 6.92 Å². The molecule has 0 amide bonds. The fourth-order valence-corrected chi connectivity index (χ4v) is 3.62. The highest BCUT2D eigenvalue weighted by Crippen LogP contribution is 2.33. The zero-order valence-electron chi connectivity index (χ0n) is 14.1. The second-order valence-corrected chi connectivity index (χ2v) is 6.71. The minimum absolute atomic E-state index is 0.0293. The standard InChI is InChI=1S/C20H20N4S/c1-14-7-9-16(10-8-14)23-20(25)24-12-11-17-18(22-13-21-17)19(24)15-5-3-2-4-6-15/h2-10,13,19H,11-12H2,1H3,(H,21,22)(H,23,25)/t19-/m1/s1. The second kappa shape index (κ2) is 6.69. The van der Waals surface area contributed by atoms with Gasteiger partial charge in [-0.2, -0.15) is 0 Å². The van der Waals surface area contributed by atoms with E-state index in [1.165, 1.54) is 16.8 Å². The molecule has 25 heavy (non-hydrogen) atoms. The van der Waals surface area contributed by atoms with Gasteiger partial charge in [0.25, 0.3) is 0 Å². The van der Waals surface area contributed by atoms with Crippen molar-refractivity contribution in [2.75, 3.05) is 11.9 Å². The minimum atomic E-state index is 0.0293. The molecule has 1 atom stereocenters. The molecular formula is C20H20N4S. The number of hydrogen-bond donors (Lipinski definition) is 2. The third kappa shape index (κ3) is 3.15. The summed E-state index contributed by atoms with van der Waals surface area (Å²) in [4.78, 5) is 10.1. The van der Waals surface area contributed by atoms with E-state index in [4.69, 9.17) is 12.2 Å². The van der Waals surface area contributed by atoms with Crippen LogP contribution in [0.1, 0.15) is 28.6 Å². The van der Waals surface area contributed by atoms with Gasteiger partial charge in [0, 0.05) is 24.3 Å². The Hall–Kier alpha value is -2.66. The Balaban J connectivity index is 1.65. The van der Waals surface area contributed by atoms with Crippen LogP contribution in [0.3, 0.4) is 0 Å². The molecule has 0 saturated carbocycles. The van der Waals surface area contributed by atoms with Gasteiger partial charge in [-0.05, 0) is 36.8 Å². The molecule has 4 nitrogen and oxygen atoms in total. The van der Waals surface area contributed by atoms with Crippen molar-refractivity contribution in [1.29, 1.82) is 0 Å². The first-order valence-corrected chi connectivity index (χ1v) is 8.84. The molecule has 1 aliphatic heterocycles. The van der Waals surface area contributed by atoms with E-state index >= 15 is 0 Å². The van der Waals surface area contributed by atoms with Gasteiger partial charge >= 0.3 is 0 Å². The molecule has 2 heterocycles. The van der Waals surface area contributed by atoms with Crippen LogP contribution >= 0.6 is 12.2 Å². The zero-order valence-corrected chi connectivity index (χ0v) is 14.9.